The van der Waals surface area contributed by atoms with Gasteiger partial charge in [-0.2, -0.15) is 8.42 Å². The standard InChI is InChI=1S/C15H10N3O9S/c19-10-5-6-11(20)17(10)12-13(28(25,26)27)15(22)16(14(12)21)7-8-3-1-2-4-9(8)18(23)24/h1-4,7H,5-6H2,(H,25,26,27). The number of nitro benzene ring substituents is 1. The van der Waals surface area contributed by atoms with Crippen LogP contribution in [-0.4, -0.2) is 51.3 Å². The first kappa shape index (κ1) is 19.3. The molecule has 0 unspecified atom stereocenters. The summed E-state index contributed by atoms with van der Waals surface area (Å²) in [6.07, 6.45) is -0.618. The molecule has 145 valence electrons. The topological polar surface area (TPSA) is 172 Å². The van der Waals surface area contributed by atoms with Gasteiger partial charge in [0, 0.05) is 18.9 Å². The van der Waals surface area contributed by atoms with E-state index in [4.69, 9.17) is 0 Å². The van der Waals surface area contributed by atoms with E-state index in [9.17, 15) is 42.3 Å². The molecule has 0 atom stereocenters. The fourth-order valence-corrected chi connectivity index (χ4v) is 3.53. The summed E-state index contributed by atoms with van der Waals surface area (Å²) >= 11 is 0. The molecule has 12 nitrogen and oxygen atoms in total. The van der Waals surface area contributed by atoms with E-state index in [2.05, 4.69) is 0 Å². The highest BCUT2D eigenvalue weighted by Gasteiger charge is 2.51. The molecule has 1 radical (unpaired) electrons. The van der Waals surface area contributed by atoms with Crippen LogP contribution < -0.4 is 0 Å². The van der Waals surface area contributed by atoms with Crippen LogP contribution in [0.3, 0.4) is 0 Å². The van der Waals surface area contributed by atoms with Crippen molar-refractivity contribution in [3.05, 3.63) is 57.1 Å². The molecule has 1 N–H and O–H groups in total. The summed E-state index contributed by atoms with van der Waals surface area (Å²) < 4.78 is 32.7. The molecule has 1 aromatic rings. The Morgan fingerprint density at radius 2 is 1.61 bits per heavy atom. The van der Waals surface area contributed by atoms with E-state index in [-0.39, 0.29) is 28.2 Å². The summed E-state index contributed by atoms with van der Waals surface area (Å²) in [6.45, 7) is 0.700. The Hall–Kier alpha value is -3.45. The molecule has 28 heavy (non-hydrogen) atoms. The molecule has 2 aliphatic rings. The van der Waals surface area contributed by atoms with Crippen molar-refractivity contribution < 1.29 is 37.1 Å². The number of carbonyl (C=O) groups is 4. The van der Waals surface area contributed by atoms with E-state index >= 15 is 0 Å². The molecule has 2 aliphatic heterocycles. The molecule has 2 heterocycles. The monoisotopic (exact) mass is 408 g/mol. The summed E-state index contributed by atoms with van der Waals surface area (Å²) in [7, 11) is -5.30. The van der Waals surface area contributed by atoms with Crippen molar-refractivity contribution >= 4 is 39.4 Å². The third-order valence-corrected chi connectivity index (χ3v) is 4.87. The van der Waals surface area contributed by atoms with Crippen LogP contribution in [0.15, 0.2) is 34.9 Å². The molecule has 0 aromatic heterocycles. The van der Waals surface area contributed by atoms with Crippen LogP contribution in [-0.2, 0) is 29.3 Å². The van der Waals surface area contributed by atoms with Crippen molar-refractivity contribution in [3.63, 3.8) is 0 Å². The summed E-state index contributed by atoms with van der Waals surface area (Å²) in [4.78, 5) is 58.3. The lowest BCUT2D eigenvalue weighted by Crippen LogP contribution is -2.36. The van der Waals surface area contributed by atoms with Gasteiger partial charge in [0.25, 0.3) is 17.5 Å². The minimum Gasteiger partial charge on any atom is -0.282 e. The van der Waals surface area contributed by atoms with Gasteiger partial charge in [-0.25, -0.2) is 4.90 Å². The van der Waals surface area contributed by atoms with E-state index < -0.39 is 55.0 Å². The van der Waals surface area contributed by atoms with Crippen LogP contribution in [0.2, 0.25) is 0 Å². The van der Waals surface area contributed by atoms with E-state index in [1.165, 1.54) is 18.2 Å². The number of hydrogen-bond acceptors (Lipinski definition) is 8. The molecule has 4 amide bonds. The maximum absolute atomic E-state index is 12.7. The highest BCUT2D eigenvalue weighted by molar-refractivity contribution is 7.91. The van der Waals surface area contributed by atoms with Crippen molar-refractivity contribution in [2.45, 2.75) is 12.8 Å². The first-order chi connectivity index (χ1) is 13.0. The van der Waals surface area contributed by atoms with Gasteiger partial charge in [0.2, 0.25) is 11.8 Å². The number of imide groups is 2. The van der Waals surface area contributed by atoms with Crippen LogP contribution in [0.5, 0.6) is 0 Å². The molecule has 13 heteroatoms. The third kappa shape index (κ3) is 3.05. The lowest BCUT2D eigenvalue weighted by atomic mass is 10.1. The second kappa shape index (κ2) is 6.61. The largest absolute Gasteiger partial charge is 0.302 e. The first-order valence-corrected chi connectivity index (χ1v) is 9.01. The number of rotatable bonds is 5. The lowest BCUT2D eigenvalue weighted by Gasteiger charge is -2.17. The van der Waals surface area contributed by atoms with Crippen LogP contribution in [0.1, 0.15) is 18.4 Å². The number of nitro groups is 1. The highest BCUT2D eigenvalue weighted by Crippen LogP contribution is 2.33. The summed E-state index contributed by atoms with van der Waals surface area (Å²) in [5.74, 6) is -4.78. The van der Waals surface area contributed by atoms with Gasteiger partial charge in [0.15, 0.2) is 4.91 Å². The number of benzene rings is 1. The first-order valence-electron chi connectivity index (χ1n) is 7.57. The van der Waals surface area contributed by atoms with E-state index in [1.807, 2.05) is 0 Å². The SMILES string of the molecule is O=C1C(N2C(=O)CCC2=O)=C(S(=O)(=O)O)C(=O)N1[CH]c1ccccc1[N+](=O)[O-]. The summed E-state index contributed by atoms with van der Waals surface area (Å²) in [5.41, 5.74) is -1.81. The van der Waals surface area contributed by atoms with Crippen LogP contribution in [0.4, 0.5) is 5.69 Å². The van der Waals surface area contributed by atoms with Gasteiger partial charge in [-0.3, -0.25) is 38.7 Å². The van der Waals surface area contributed by atoms with Crippen molar-refractivity contribution in [3.8, 4) is 0 Å². The van der Waals surface area contributed by atoms with Crippen LogP contribution in [0.25, 0.3) is 0 Å². The second-order valence-corrected chi connectivity index (χ2v) is 7.06. The number of amides is 4. The summed E-state index contributed by atoms with van der Waals surface area (Å²) in [5, 5.41) is 11.1. The quantitative estimate of drug-likeness (QED) is 0.297. The third-order valence-electron chi connectivity index (χ3n) is 3.98. The predicted octanol–water partition coefficient (Wildman–Crippen LogP) is -0.278. The molecule has 3 rings (SSSR count). The van der Waals surface area contributed by atoms with Crippen molar-refractivity contribution in [1.29, 1.82) is 0 Å². The zero-order valence-corrected chi connectivity index (χ0v) is 14.6. The average molecular weight is 408 g/mol. The number of carbonyl (C=O) groups excluding carboxylic acids is 4. The Morgan fingerprint density at radius 1 is 1.04 bits per heavy atom. The van der Waals surface area contributed by atoms with Gasteiger partial charge < -0.3 is 0 Å². The van der Waals surface area contributed by atoms with E-state index in [1.54, 1.807) is 0 Å². The minimum absolute atomic E-state index is 0.194. The fraction of sp³-hybridized carbons (Fsp3) is 0.133. The normalized spacial score (nSPS) is 17.9. The molecular weight excluding hydrogens is 398 g/mol. The molecule has 0 aliphatic carbocycles. The smallest absolute Gasteiger partial charge is 0.282 e. The number of para-hydroxylation sites is 1. The lowest BCUT2D eigenvalue weighted by molar-refractivity contribution is -0.385. The minimum atomic E-state index is -5.30. The zero-order chi connectivity index (χ0) is 20.8. The van der Waals surface area contributed by atoms with Crippen molar-refractivity contribution in [2.75, 3.05) is 0 Å². The highest BCUT2D eigenvalue weighted by atomic mass is 32.2. The average Bonchev–Trinajstić information content (AvgIpc) is 3.05. The van der Waals surface area contributed by atoms with Crippen molar-refractivity contribution in [2.24, 2.45) is 0 Å². The Kier molecular flexibility index (Phi) is 4.56. The van der Waals surface area contributed by atoms with Gasteiger partial charge >= 0.3 is 10.1 Å². The van der Waals surface area contributed by atoms with Gasteiger partial charge in [-0.1, -0.05) is 12.1 Å². The van der Waals surface area contributed by atoms with Gasteiger partial charge in [0.1, 0.15) is 5.70 Å². The number of nitrogens with zero attached hydrogens (tertiary/aromatic N) is 3. The number of likely N-dealkylation sites (tertiary alicyclic amines) is 1. The number of hydrogen-bond donors (Lipinski definition) is 1. The van der Waals surface area contributed by atoms with Gasteiger partial charge in [-0.05, 0) is 6.07 Å². The second-order valence-electron chi connectivity index (χ2n) is 5.70. The Bertz CT molecular complexity index is 1070. The van der Waals surface area contributed by atoms with Crippen LogP contribution >= 0.6 is 0 Å². The molecule has 1 aromatic carbocycles. The van der Waals surface area contributed by atoms with Gasteiger partial charge in [0.05, 0.1) is 17.0 Å². The molecule has 0 saturated carbocycles. The Balaban J connectivity index is 2.09. The maximum atomic E-state index is 12.7. The Labute approximate surface area is 156 Å². The van der Waals surface area contributed by atoms with Crippen LogP contribution in [0, 0.1) is 16.7 Å². The van der Waals surface area contributed by atoms with Gasteiger partial charge in [-0.15, -0.1) is 0 Å². The Morgan fingerprint density at radius 3 is 2.14 bits per heavy atom. The zero-order valence-electron chi connectivity index (χ0n) is 13.8. The molecule has 0 spiro atoms. The molecule has 0 bridgehead atoms. The fourth-order valence-electron chi connectivity index (χ4n) is 2.79. The molecule has 1 fully saturated rings. The van der Waals surface area contributed by atoms with E-state index in [0.29, 0.717) is 6.54 Å². The maximum Gasteiger partial charge on any atom is 0.302 e. The summed E-state index contributed by atoms with van der Waals surface area (Å²) in [6, 6.07) is 4.98. The van der Waals surface area contributed by atoms with E-state index in [0.717, 1.165) is 6.07 Å². The van der Waals surface area contributed by atoms with Crippen molar-refractivity contribution in [1.82, 2.24) is 9.80 Å². The molecule has 1 saturated heterocycles. The predicted molar refractivity (Wildman–Crippen MR) is 88.0 cm³/mol. The molecular formula is C15H10N3O9S.